The molecule has 0 atom stereocenters. The summed E-state index contributed by atoms with van der Waals surface area (Å²) in [7, 11) is 0. The number of hydrogen-bond acceptors (Lipinski definition) is 1. The number of hydrogen-bond donors (Lipinski definition) is 0. The summed E-state index contributed by atoms with van der Waals surface area (Å²) < 4.78 is 12.7. The van der Waals surface area contributed by atoms with E-state index in [1.54, 1.807) is 0 Å². The van der Waals surface area contributed by atoms with Gasteiger partial charge < -0.3 is 0 Å². The first-order valence-corrected chi connectivity index (χ1v) is 2.94. The predicted molar refractivity (Wildman–Crippen MR) is 39.1 cm³/mol. The van der Waals surface area contributed by atoms with E-state index in [2.05, 4.69) is 5.92 Å². The maximum Gasteiger partial charge on any atom is 0.140 e. The lowest BCUT2D eigenvalue weighted by Gasteiger charge is -1.92. The summed E-state index contributed by atoms with van der Waals surface area (Å²) >= 11 is 0. The second-order valence-electron chi connectivity index (χ2n) is 1.95. The molecule has 1 aromatic rings. The smallest absolute Gasteiger partial charge is 0.140 e. The summed E-state index contributed by atoms with van der Waals surface area (Å²) in [5, 5.41) is 8.36. The second kappa shape index (κ2) is 2.86. The first-order valence-electron chi connectivity index (χ1n) is 2.94. The van der Waals surface area contributed by atoms with Crippen molar-refractivity contribution >= 4 is 0 Å². The number of nitrogens with zero attached hydrogens (tertiary/aromatic N) is 1. The first-order chi connectivity index (χ1) is 5.27. The van der Waals surface area contributed by atoms with Crippen LogP contribution in [0.1, 0.15) is 11.1 Å². The molecule has 0 bridgehead atoms. The molecule has 11 heavy (non-hydrogen) atoms. The normalized spacial score (nSPS) is 8.27. The molecular weight excluding hydrogens is 141 g/mol. The van der Waals surface area contributed by atoms with Crippen LogP contribution in [-0.2, 0) is 0 Å². The molecule has 1 aromatic carbocycles. The van der Waals surface area contributed by atoms with Crippen LogP contribution in [0.4, 0.5) is 4.39 Å². The summed E-state index contributed by atoms with van der Waals surface area (Å²) in [5.41, 5.74) is 0.463. The van der Waals surface area contributed by atoms with Crippen LogP contribution < -0.4 is 0 Å². The van der Waals surface area contributed by atoms with E-state index in [1.165, 1.54) is 12.1 Å². The molecule has 1 nitrogen and oxygen atoms in total. The summed E-state index contributed by atoms with van der Waals surface area (Å²) in [4.78, 5) is 0. The molecule has 52 valence electrons. The van der Waals surface area contributed by atoms with Crippen LogP contribution in [-0.4, -0.2) is 0 Å². The van der Waals surface area contributed by atoms with E-state index in [9.17, 15) is 4.39 Å². The lowest BCUT2D eigenvalue weighted by Crippen LogP contribution is -1.84. The predicted octanol–water partition coefficient (Wildman–Crippen LogP) is 1.68. The largest absolute Gasteiger partial charge is 0.206 e. The Kier molecular flexibility index (Phi) is 1.90. The van der Waals surface area contributed by atoms with Gasteiger partial charge in [0, 0.05) is 0 Å². The molecule has 0 saturated carbocycles. The highest BCUT2D eigenvalue weighted by Gasteiger charge is 1.98. The van der Waals surface area contributed by atoms with Crippen molar-refractivity contribution in [1.82, 2.24) is 0 Å². The minimum atomic E-state index is -0.522. The molecule has 0 aliphatic rings. The van der Waals surface area contributed by atoms with Crippen molar-refractivity contribution in [3.8, 4) is 18.4 Å². The molecular formula is C9H4FN. The molecule has 0 aromatic heterocycles. The Bertz CT molecular complexity index is 355. The molecule has 0 aliphatic carbocycles. The zero-order valence-electron chi connectivity index (χ0n) is 5.63. The summed E-state index contributed by atoms with van der Waals surface area (Å²) in [5.74, 6) is 1.64. The van der Waals surface area contributed by atoms with Crippen molar-refractivity contribution in [2.75, 3.05) is 0 Å². The van der Waals surface area contributed by atoms with Gasteiger partial charge in [-0.05, 0) is 18.2 Å². The first kappa shape index (κ1) is 7.31. The van der Waals surface area contributed by atoms with Gasteiger partial charge >= 0.3 is 0 Å². The topological polar surface area (TPSA) is 23.8 Å². The molecule has 0 aliphatic heterocycles. The van der Waals surface area contributed by atoms with Crippen molar-refractivity contribution in [3.05, 3.63) is 35.1 Å². The number of terminal acetylenes is 1. The third-order valence-corrected chi connectivity index (χ3v) is 1.25. The van der Waals surface area contributed by atoms with Gasteiger partial charge in [0.05, 0.1) is 17.2 Å². The molecule has 2 heteroatoms. The molecule has 0 N–H and O–H groups in total. The van der Waals surface area contributed by atoms with Gasteiger partial charge in [-0.3, -0.25) is 0 Å². The second-order valence-corrected chi connectivity index (χ2v) is 1.95. The number of nitriles is 1. The van der Waals surface area contributed by atoms with Crippen LogP contribution in [0.5, 0.6) is 0 Å². The number of benzene rings is 1. The Hall–Kier alpha value is -1.80. The van der Waals surface area contributed by atoms with E-state index in [0.717, 1.165) is 6.07 Å². The van der Waals surface area contributed by atoms with Gasteiger partial charge in [-0.1, -0.05) is 5.92 Å². The average Bonchev–Trinajstić information content (AvgIpc) is 2.04. The van der Waals surface area contributed by atoms with Crippen molar-refractivity contribution < 1.29 is 4.39 Å². The van der Waals surface area contributed by atoms with Crippen molar-refractivity contribution in [2.24, 2.45) is 0 Å². The van der Waals surface area contributed by atoms with Gasteiger partial charge in [0.2, 0.25) is 0 Å². The van der Waals surface area contributed by atoms with Gasteiger partial charge in [0.1, 0.15) is 5.82 Å². The molecule has 0 saturated heterocycles. The highest BCUT2D eigenvalue weighted by atomic mass is 19.1. The van der Waals surface area contributed by atoms with Crippen LogP contribution in [0.15, 0.2) is 18.2 Å². The van der Waals surface area contributed by atoms with Crippen molar-refractivity contribution in [2.45, 2.75) is 0 Å². The van der Waals surface area contributed by atoms with Crippen LogP contribution in [0.25, 0.3) is 0 Å². The molecule has 0 unspecified atom stereocenters. The SMILES string of the molecule is C#Cc1ccc(C#N)cc1F. The highest BCUT2D eigenvalue weighted by Crippen LogP contribution is 2.07. The average molecular weight is 145 g/mol. The Labute approximate surface area is 64.1 Å². The van der Waals surface area contributed by atoms with Gasteiger partial charge in [0.15, 0.2) is 0 Å². The number of rotatable bonds is 0. The lowest BCUT2D eigenvalue weighted by molar-refractivity contribution is 0.624. The molecule has 0 fully saturated rings. The maximum absolute atomic E-state index is 12.7. The molecule has 0 spiro atoms. The van der Waals surface area contributed by atoms with Gasteiger partial charge in [-0.15, -0.1) is 6.42 Å². The quantitative estimate of drug-likeness (QED) is 0.509. The fourth-order valence-electron chi connectivity index (χ4n) is 0.702. The third kappa shape index (κ3) is 1.36. The van der Waals surface area contributed by atoms with Crippen LogP contribution >= 0.6 is 0 Å². The van der Waals surface area contributed by atoms with Crippen LogP contribution in [0.2, 0.25) is 0 Å². The summed E-state index contributed by atoms with van der Waals surface area (Å²) in [6.45, 7) is 0. The minimum absolute atomic E-state index is 0.184. The molecule has 0 heterocycles. The van der Waals surface area contributed by atoms with Crippen LogP contribution in [0.3, 0.4) is 0 Å². The summed E-state index contributed by atoms with van der Waals surface area (Å²) in [6.07, 6.45) is 4.97. The lowest BCUT2D eigenvalue weighted by atomic mass is 10.1. The fraction of sp³-hybridized carbons (Fsp3) is 0. The summed E-state index contributed by atoms with van der Waals surface area (Å²) in [6, 6.07) is 5.83. The van der Waals surface area contributed by atoms with Gasteiger partial charge in [-0.25, -0.2) is 4.39 Å². The van der Waals surface area contributed by atoms with Gasteiger partial charge in [-0.2, -0.15) is 5.26 Å². The maximum atomic E-state index is 12.7. The van der Waals surface area contributed by atoms with Gasteiger partial charge in [0.25, 0.3) is 0 Å². The van der Waals surface area contributed by atoms with E-state index in [4.69, 9.17) is 11.7 Å². The van der Waals surface area contributed by atoms with E-state index in [0.29, 0.717) is 0 Å². The molecule has 0 amide bonds. The highest BCUT2D eigenvalue weighted by molar-refractivity contribution is 5.39. The van der Waals surface area contributed by atoms with Crippen LogP contribution in [0, 0.1) is 29.5 Å². The monoisotopic (exact) mass is 145 g/mol. The molecule has 0 radical (unpaired) electrons. The molecule has 1 rings (SSSR count). The van der Waals surface area contributed by atoms with E-state index in [1.807, 2.05) is 6.07 Å². The Morgan fingerprint density at radius 1 is 1.45 bits per heavy atom. The minimum Gasteiger partial charge on any atom is -0.206 e. The van der Waals surface area contributed by atoms with E-state index in [-0.39, 0.29) is 11.1 Å². The van der Waals surface area contributed by atoms with Crippen molar-refractivity contribution in [3.63, 3.8) is 0 Å². The zero-order chi connectivity index (χ0) is 8.27. The zero-order valence-corrected chi connectivity index (χ0v) is 5.63. The Morgan fingerprint density at radius 3 is 2.64 bits per heavy atom. The Balaban J connectivity index is 3.25. The van der Waals surface area contributed by atoms with E-state index < -0.39 is 5.82 Å². The standard InChI is InChI=1S/C9H4FN/c1-2-8-4-3-7(6-11)5-9(8)10/h1,3-5H. The third-order valence-electron chi connectivity index (χ3n) is 1.25. The number of halogens is 1. The Morgan fingerprint density at radius 2 is 2.18 bits per heavy atom. The van der Waals surface area contributed by atoms with Crippen molar-refractivity contribution in [1.29, 1.82) is 5.26 Å². The van der Waals surface area contributed by atoms with E-state index >= 15 is 0 Å². The fourth-order valence-corrected chi connectivity index (χ4v) is 0.702.